The lowest BCUT2D eigenvalue weighted by molar-refractivity contribution is 0.312. The highest BCUT2D eigenvalue weighted by Crippen LogP contribution is 2.31. The molecule has 1 aliphatic carbocycles. The highest BCUT2D eigenvalue weighted by molar-refractivity contribution is 4.93. The zero-order chi connectivity index (χ0) is 8.39. The Morgan fingerprint density at radius 2 is 2.00 bits per heavy atom. The quantitative estimate of drug-likeness (QED) is 0.643. The molecule has 12 heavy (non-hydrogen) atoms. The van der Waals surface area contributed by atoms with Gasteiger partial charge < -0.3 is 4.52 Å². The van der Waals surface area contributed by atoms with E-state index in [2.05, 4.69) is 10.1 Å². The Morgan fingerprint density at radius 3 is 2.58 bits per heavy atom. The van der Waals surface area contributed by atoms with Crippen LogP contribution in [0, 0.1) is 6.92 Å². The van der Waals surface area contributed by atoms with Gasteiger partial charge in [0, 0.05) is 5.92 Å². The normalized spacial score (nSPS) is 19.8. The molecule has 0 amide bonds. The molecule has 1 aromatic rings. The van der Waals surface area contributed by atoms with E-state index >= 15 is 0 Å². The van der Waals surface area contributed by atoms with Gasteiger partial charge in [-0.05, 0) is 19.8 Å². The van der Waals surface area contributed by atoms with Crippen molar-refractivity contribution in [2.45, 2.75) is 44.9 Å². The fourth-order valence-corrected chi connectivity index (χ4v) is 1.83. The molecule has 0 unspecified atom stereocenters. The van der Waals surface area contributed by atoms with Crippen LogP contribution in [0.3, 0.4) is 0 Å². The van der Waals surface area contributed by atoms with Crippen LogP contribution in [0.25, 0.3) is 0 Å². The van der Waals surface area contributed by atoms with E-state index in [1.54, 1.807) is 0 Å². The van der Waals surface area contributed by atoms with Gasteiger partial charge in [0.15, 0.2) is 5.82 Å². The Morgan fingerprint density at radius 1 is 1.25 bits per heavy atom. The maximum Gasteiger partial charge on any atom is 0.229 e. The average molecular weight is 166 g/mol. The number of hydrogen-bond donors (Lipinski definition) is 0. The molecule has 66 valence electrons. The van der Waals surface area contributed by atoms with Gasteiger partial charge >= 0.3 is 0 Å². The Balaban J connectivity index is 2.08. The van der Waals surface area contributed by atoms with Crippen molar-refractivity contribution in [3.8, 4) is 0 Å². The Labute approximate surface area is 72.2 Å². The molecule has 2 rings (SSSR count). The van der Waals surface area contributed by atoms with Crippen LogP contribution in [-0.2, 0) is 0 Å². The van der Waals surface area contributed by atoms with Gasteiger partial charge in [0.1, 0.15) is 0 Å². The van der Waals surface area contributed by atoms with Crippen molar-refractivity contribution in [2.75, 3.05) is 0 Å². The lowest BCUT2D eigenvalue weighted by atomic mass is 9.89. The first-order valence-electron chi connectivity index (χ1n) is 4.66. The van der Waals surface area contributed by atoms with Crippen molar-refractivity contribution in [1.82, 2.24) is 10.1 Å². The lowest BCUT2D eigenvalue weighted by Gasteiger charge is -2.17. The lowest BCUT2D eigenvalue weighted by Crippen LogP contribution is -2.04. The largest absolute Gasteiger partial charge is 0.339 e. The highest BCUT2D eigenvalue weighted by Gasteiger charge is 2.20. The third kappa shape index (κ3) is 1.49. The SMILES string of the molecule is Cc1noc(C2CCCCC2)n1. The van der Waals surface area contributed by atoms with Crippen molar-refractivity contribution < 1.29 is 4.52 Å². The minimum atomic E-state index is 0.542. The van der Waals surface area contributed by atoms with Crippen LogP contribution in [0.5, 0.6) is 0 Å². The summed E-state index contributed by atoms with van der Waals surface area (Å²) in [5.41, 5.74) is 0. The van der Waals surface area contributed by atoms with Gasteiger partial charge in [-0.25, -0.2) is 0 Å². The summed E-state index contributed by atoms with van der Waals surface area (Å²) < 4.78 is 5.14. The van der Waals surface area contributed by atoms with E-state index < -0.39 is 0 Å². The van der Waals surface area contributed by atoms with Gasteiger partial charge in [0.05, 0.1) is 0 Å². The molecule has 0 bridgehead atoms. The molecule has 0 N–H and O–H groups in total. The molecule has 1 aromatic heterocycles. The Bertz CT molecular complexity index is 251. The smallest absolute Gasteiger partial charge is 0.229 e. The molecule has 0 aliphatic heterocycles. The molecule has 3 heteroatoms. The van der Waals surface area contributed by atoms with Gasteiger partial charge in [0.2, 0.25) is 5.89 Å². The van der Waals surface area contributed by atoms with Crippen molar-refractivity contribution in [1.29, 1.82) is 0 Å². The van der Waals surface area contributed by atoms with Crippen molar-refractivity contribution in [2.24, 2.45) is 0 Å². The van der Waals surface area contributed by atoms with Gasteiger partial charge in [-0.15, -0.1) is 0 Å². The summed E-state index contributed by atoms with van der Waals surface area (Å²) >= 11 is 0. The maximum absolute atomic E-state index is 5.14. The van der Waals surface area contributed by atoms with E-state index in [0.29, 0.717) is 5.92 Å². The number of aromatic nitrogens is 2. The number of nitrogens with zero attached hydrogens (tertiary/aromatic N) is 2. The summed E-state index contributed by atoms with van der Waals surface area (Å²) in [6, 6.07) is 0. The summed E-state index contributed by atoms with van der Waals surface area (Å²) in [4.78, 5) is 4.26. The molecule has 0 spiro atoms. The van der Waals surface area contributed by atoms with Crippen LogP contribution < -0.4 is 0 Å². The highest BCUT2D eigenvalue weighted by atomic mass is 16.5. The number of rotatable bonds is 1. The van der Waals surface area contributed by atoms with Crippen LogP contribution in [0.15, 0.2) is 4.52 Å². The van der Waals surface area contributed by atoms with E-state index in [9.17, 15) is 0 Å². The first kappa shape index (κ1) is 7.77. The molecule has 0 saturated heterocycles. The fourth-order valence-electron chi connectivity index (χ4n) is 1.83. The monoisotopic (exact) mass is 166 g/mol. The average Bonchev–Trinajstić information content (AvgIpc) is 2.54. The van der Waals surface area contributed by atoms with E-state index in [1.165, 1.54) is 32.1 Å². The predicted octanol–water partition coefficient (Wildman–Crippen LogP) is 2.43. The number of hydrogen-bond acceptors (Lipinski definition) is 3. The Hall–Kier alpha value is -0.860. The zero-order valence-electron chi connectivity index (χ0n) is 7.42. The third-order valence-corrected chi connectivity index (χ3v) is 2.50. The van der Waals surface area contributed by atoms with Crippen molar-refractivity contribution >= 4 is 0 Å². The summed E-state index contributed by atoms with van der Waals surface area (Å²) in [6.07, 6.45) is 6.44. The molecule has 1 heterocycles. The minimum absolute atomic E-state index is 0.542. The summed E-state index contributed by atoms with van der Waals surface area (Å²) in [7, 11) is 0. The van der Waals surface area contributed by atoms with Crippen LogP contribution in [0.2, 0.25) is 0 Å². The van der Waals surface area contributed by atoms with Crippen LogP contribution >= 0.6 is 0 Å². The molecular formula is C9H14N2O. The standard InChI is InChI=1S/C9H14N2O/c1-7-10-9(12-11-7)8-5-3-2-4-6-8/h8H,2-6H2,1H3. The van der Waals surface area contributed by atoms with Crippen molar-refractivity contribution in [3.05, 3.63) is 11.7 Å². The number of aryl methyl sites for hydroxylation is 1. The van der Waals surface area contributed by atoms with Gasteiger partial charge in [-0.1, -0.05) is 24.4 Å². The molecule has 3 nitrogen and oxygen atoms in total. The van der Waals surface area contributed by atoms with Crippen LogP contribution in [0.4, 0.5) is 0 Å². The summed E-state index contributed by atoms with van der Waals surface area (Å²) in [5.74, 6) is 2.16. The molecule has 1 aliphatic rings. The van der Waals surface area contributed by atoms with E-state index in [0.717, 1.165) is 11.7 Å². The molecule has 0 atom stereocenters. The summed E-state index contributed by atoms with van der Waals surface area (Å²) in [5, 5.41) is 3.81. The Kier molecular flexibility index (Phi) is 2.11. The van der Waals surface area contributed by atoms with Gasteiger partial charge in [-0.2, -0.15) is 4.98 Å². The molecule has 0 aromatic carbocycles. The van der Waals surface area contributed by atoms with Crippen LogP contribution in [0.1, 0.15) is 49.7 Å². The minimum Gasteiger partial charge on any atom is -0.339 e. The first-order chi connectivity index (χ1) is 5.86. The molecule has 1 fully saturated rings. The van der Waals surface area contributed by atoms with Gasteiger partial charge in [0.25, 0.3) is 0 Å². The third-order valence-electron chi connectivity index (χ3n) is 2.50. The summed E-state index contributed by atoms with van der Waals surface area (Å²) in [6.45, 7) is 1.87. The van der Waals surface area contributed by atoms with Crippen LogP contribution in [-0.4, -0.2) is 10.1 Å². The zero-order valence-corrected chi connectivity index (χ0v) is 7.42. The maximum atomic E-state index is 5.14. The second-order valence-electron chi connectivity index (χ2n) is 3.51. The second-order valence-corrected chi connectivity index (χ2v) is 3.51. The molecular weight excluding hydrogens is 152 g/mol. The predicted molar refractivity (Wildman–Crippen MR) is 44.9 cm³/mol. The van der Waals surface area contributed by atoms with E-state index in [1.807, 2.05) is 6.92 Å². The topological polar surface area (TPSA) is 38.9 Å². The second kappa shape index (κ2) is 3.25. The van der Waals surface area contributed by atoms with Crippen molar-refractivity contribution in [3.63, 3.8) is 0 Å². The molecule has 0 radical (unpaired) electrons. The van der Waals surface area contributed by atoms with Gasteiger partial charge in [-0.3, -0.25) is 0 Å². The fraction of sp³-hybridized carbons (Fsp3) is 0.778. The van der Waals surface area contributed by atoms with E-state index in [-0.39, 0.29) is 0 Å². The first-order valence-corrected chi connectivity index (χ1v) is 4.66. The molecule has 1 saturated carbocycles. The van der Waals surface area contributed by atoms with E-state index in [4.69, 9.17) is 4.52 Å².